The maximum absolute atomic E-state index is 6.35. The Morgan fingerprint density at radius 2 is 2.24 bits per heavy atom. The molecule has 2 aromatic rings. The van der Waals surface area contributed by atoms with Crippen LogP contribution in [0.4, 0.5) is 0 Å². The van der Waals surface area contributed by atoms with E-state index < -0.39 is 0 Å². The van der Waals surface area contributed by atoms with Gasteiger partial charge in [-0.05, 0) is 50.8 Å². The summed E-state index contributed by atoms with van der Waals surface area (Å²) in [5.41, 5.74) is 2.36. The molecular weight excluding hydrogens is 262 g/mol. The van der Waals surface area contributed by atoms with Gasteiger partial charge < -0.3 is 10.1 Å². The lowest BCUT2D eigenvalue weighted by atomic mass is 9.92. The highest BCUT2D eigenvalue weighted by molar-refractivity contribution is 5.84. The third-order valence-corrected chi connectivity index (χ3v) is 4.46. The second-order valence-electron chi connectivity index (χ2n) is 5.89. The Morgan fingerprint density at radius 3 is 3.05 bits per heavy atom. The molecule has 4 nitrogen and oxygen atoms in total. The van der Waals surface area contributed by atoms with Crippen molar-refractivity contribution in [1.29, 1.82) is 0 Å². The molecule has 0 bridgehead atoms. The number of aryl methyl sites for hydroxylation is 1. The highest BCUT2D eigenvalue weighted by atomic mass is 16.5. The Balaban J connectivity index is 1.77. The lowest BCUT2D eigenvalue weighted by molar-refractivity contribution is 0.134. The quantitative estimate of drug-likeness (QED) is 0.886. The van der Waals surface area contributed by atoms with E-state index in [1.54, 1.807) is 0 Å². The Bertz CT molecular complexity index is 591. The normalized spacial score (nSPS) is 22.6. The van der Waals surface area contributed by atoms with Crippen molar-refractivity contribution in [2.75, 3.05) is 6.54 Å². The van der Waals surface area contributed by atoms with E-state index in [1.165, 1.54) is 23.8 Å². The summed E-state index contributed by atoms with van der Waals surface area (Å²) >= 11 is 0. The van der Waals surface area contributed by atoms with Crippen molar-refractivity contribution >= 4 is 10.9 Å². The first-order valence-electron chi connectivity index (χ1n) is 8.16. The van der Waals surface area contributed by atoms with Gasteiger partial charge in [0.1, 0.15) is 11.9 Å². The van der Waals surface area contributed by atoms with E-state index in [9.17, 15) is 0 Å². The van der Waals surface area contributed by atoms with Crippen LogP contribution in [0.1, 0.15) is 45.1 Å². The van der Waals surface area contributed by atoms with Gasteiger partial charge in [-0.15, -0.1) is 0 Å². The van der Waals surface area contributed by atoms with Crippen LogP contribution in [0.5, 0.6) is 5.75 Å². The predicted molar refractivity (Wildman–Crippen MR) is 85.8 cm³/mol. The molecule has 0 saturated heterocycles. The van der Waals surface area contributed by atoms with Crippen molar-refractivity contribution in [1.82, 2.24) is 15.5 Å². The summed E-state index contributed by atoms with van der Waals surface area (Å²) in [5.74, 6) is 1.04. The highest BCUT2D eigenvalue weighted by Crippen LogP contribution is 2.31. The van der Waals surface area contributed by atoms with E-state index in [1.807, 2.05) is 6.20 Å². The summed E-state index contributed by atoms with van der Waals surface area (Å²) in [7, 11) is 0. The fraction of sp³-hybridized carbons (Fsp3) is 0.588. The van der Waals surface area contributed by atoms with Gasteiger partial charge in [0.25, 0.3) is 0 Å². The van der Waals surface area contributed by atoms with Gasteiger partial charge in [-0.2, -0.15) is 5.10 Å². The molecule has 21 heavy (non-hydrogen) atoms. The Kier molecular flexibility index (Phi) is 4.44. The van der Waals surface area contributed by atoms with Crippen LogP contribution in [0, 0.1) is 0 Å². The molecule has 1 saturated carbocycles. The van der Waals surface area contributed by atoms with Gasteiger partial charge >= 0.3 is 0 Å². The van der Waals surface area contributed by atoms with E-state index in [0.29, 0.717) is 12.1 Å². The zero-order valence-corrected chi connectivity index (χ0v) is 13.0. The second kappa shape index (κ2) is 6.48. The topological polar surface area (TPSA) is 49.9 Å². The van der Waals surface area contributed by atoms with Crippen LogP contribution < -0.4 is 10.1 Å². The highest BCUT2D eigenvalue weighted by Gasteiger charge is 2.23. The molecule has 0 spiro atoms. The number of hydrogen-bond acceptors (Lipinski definition) is 3. The maximum Gasteiger partial charge on any atom is 0.123 e. The molecule has 1 fully saturated rings. The molecule has 1 aromatic carbocycles. The number of nitrogens with zero attached hydrogens (tertiary/aromatic N) is 1. The van der Waals surface area contributed by atoms with Gasteiger partial charge in [0.05, 0.1) is 11.7 Å². The molecule has 4 heteroatoms. The summed E-state index contributed by atoms with van der Waals surface area (Å²) in [5, 5.41) is 11.9. The number of aromatic nitrogens is 2. The number of nitrogens with one attached hydrogen (secondary N) is 2. The molecule has 0 aliphatic heterocycles. The van der Waals surface area contributed by atoms with E-state index in [2.05, 4.69) is 41.5 Å². The van der Waals surface area contributed by atoms with Crippen LogP contribution >= 0.6 is 0 Å². The van der Waals surface area contributed by atoms with Gasteiger partial charge in [-0.25, -0.2) is 0 Å². The van der Waals surface area contributed by atoms with Crippen molar-refractivity contribution in [3.8, 4) is 5.75 Å². The smallest absolute Gasteiger partial charge is 0.123 e. The first-order chi connectivity index (χ1) is 10.3. The third kappa shape index (κ3) is 3.05. The molecule has 1 aromatic heterocycles. The van der Waals surface area contributed by atoms with E-state index in [4.69, 9.17) is 4.74 Å². The summed E-state index contributed by atoms with van der Waals surface area (Å²) in [6.45, 7) is 5.39. The van der Waals surface area contributed by atoms with Crippen LogP contribution in [0.2, 0.25) is 0 Å². The first-order valence-corrected chi connectivity index (χ1v) is 8.16. The van der Waals surface area contributed by atoms with E-state index in [-0.39, 0.29) is 0 Å². The van der Waals surface area contributed by atoms with E-state index >= 15 is 0 Å². The van der Waals surface area contributed by atoms with Crippen molar-refractivity contribution in [2.24, 2.45) is 0 Å². The molecule has 1 aliphatic carbocycles. The van der Waals surface area contributed by atoms with Gasteiger partial charge in [-0.3, -0.25) is 5.10 Å². The van der Waals surface area contributed by atoms with Crippen molar-refractivity contribution in [3.05, 3.63) is 23.9 Å². The van der Waals surface area contributed by atoms with Crippen LogP contribution in [-0.2, 0) is 6.42 Å². The van der Waals surface area contributed by atoms with Crippen molar-refractivity contribution in [2.45, 2.75) is 58.1 Å². The van der Waals surface area contributed by atoms with Crippen LogP contribution in [-0.4, -0.2) is 28.9 Å². The average Bonchev–Trinajstić information content (AvgIpc) is 2.96. The number of aromatic amines is 1. The molecule has 1 aliphatic rings. The number of benzene rings is 1. The van der Waals surface area contributed by atoms with Gasteiger partial charge in [0.2, 0.25) is 0 Å². The van der Waals surface area contributed by atoms with Crippen molar-refractivity contribution in [3.63, 3.8) is 0 Å². The van der Waals surface area contributed by atoms with E-state index in [0.717, 1.165) is 37.1 Å². The molecule has 0 unspecified atom stereocenters. The molecule has 114 valence electrons. The number of rotatable bonds is 5. The zero-order chi connectivity index (χ0) is 14.7. The fourth-order valence-corrected chi connectivity index (χ4v) is 3.44. The number of fused-ring (bicyclic) bond motifs is 1. The van der Waals surface area contributed by atoms with Crippen LogP contribution in [0.3, 0.4) is 0 Å². The number of H-pyrrole nitrogens is 1. The molecule has 2 atom stereocenters. The van der Waals surface area contributed by atoms with Gasteiger partial charge in [0.15, 0.2) is 0 Å². The van der Waals surface area contributed by atoms with Gasteiger partial charge in [0, 0.05) is 17.0 Å². The summed E-state index contributed by atoms with van der Waals surface area (Å²) in [6, 6.07) is 4.77. The summed E-state index contributed by atoms with van der Waals surface area (Å²) < 4.78 is 6.35. The SMILES string of the molecule is CCN[C@@H]1CCC[C@H](Oc2ccc3[nH]ncc3c2CC)C1. The van der Waals surface area contributed by atoms with Gasteiger partial charge in [-0.1, -0.05) is 13.8 Å². The molecule has 0 amide bonds. The monoisotopic (exact) mass is 287 g/mol. The predicted octanol–water partition coefficient (Wildman–Crippen LogP) is 3.42. The Morgan fingerprint density at radius 1 is 1.33 bits per heavy atom. The zero-order valence-electron chi connectivity index (χ0n) is 13.0. The number of hydrogen-bond donors (Lipinski definition) is 2. The minimum Gasteiger partial charge on any atom is -0.490 e. The lowest BCUT2D eigenvalue weighted by Crippen LogP contribution is -2.38. The summed E-state index contributed by atoms with van der Waals surface area (Å²) in [4.78, 5) is 0. The lowest BCUT2D eigenvalue weighted by Gasteiger charge is -2.30. The molecule has 3 rings (SSSR count). The maximum atomic E-state index is 6.35. The molecule has 2 N–H and O–H groups in total. The minimum absolute atomic E-state index is 0.331. The van der Waals surface area contributed by atoms with Crippen LogP contribution in [0.25, 0.3) is 10.9 Å². The summed E-state index contributed by atoms with van der Waals surface area (Å²) in [6.07, 6.45) is 8.00. The molecular formula is C17H25N3O. The average molecular weight is 287 g/mol. The molecule has 0 radical (unpaired) electrons. The fourth-order valence-electron chi connectivity index (χ4n) is 3.44. The number of ether oxygens (including phenoxy) is 1. The minimum atomic E-state index is 0.331. The Labute approximate surface area is 126 Å². The molecule has 1 heterocycles. The third-order valence-electron chi connectivity index (χ3n) is 4.46. The first kappa shape index (κ1) is 14.4. The van der Waals surface area contributed by atoms with Crippen molar-refractivity contribution < 1.29 is 4.74 Å². The van der Waals surface area contributed by atoms with Crippen LogP contribution in [0.15, 0.2) is 18.3 Å². The largest absolute Gasteiger partial charge is 0.490 e. The standard InChI is InChI=1S/C17H25N3O/c1-3-14-15-11-19-20-16(15)8-9-17(14)21-13-7-5-6-12(10-13)18-4-2/h8-9,11-13,18H,3-7,10H2,1-2H3,(H,19,20)/t12-,13+/m1/s1. The Hall–Kier alpha value is -1.55. The second-order valence-corrected chi connectivity index (χ2v) is 5.89.